The second-order valence-corrected chi connectivity index (χ2v) is 8.42. The van der Waals surface area contributed by atoms with E-state index in [-0.39, 0.29) is 11.9 Å². The van der Waals surface area contributed by atoms with Gasteiger partial charge in [-0.25, -0.2) is 4.98 Å². The lowest BCUT2D eigenvalue weighted by atomic mass is 9.97. The summed E-state index contributed by atoms with van der Waals surface area (Å²) in [4.78, 5) is 9.05. The second kappa shape index (κ2) is 5.89. The maximum absolute atomic E-state index is 10.7. The van der Waals surface area contributed by atoms with E-state index in [4.69, 9.17) is 0 Å². The molecule has 0 unspecified atom stereocenters. The molecule has 1 saturated heterocycles. The molecule has 0 aliphatic carbocycles. The first kappa shape index (κ1) is 15.1. The minimum atomic E-state index is 0.191. The molecule has 1 atom stereocenters. The molecule has 3 aromatic heterocycles. The van der Waals surface area contributed by atoms with E-state index in [1.165, 1.54) is 17.7 Å². The highest BCUT2D eigenvalue weighted by Crippen LogP contribution is 2.36. The fourth-order valence-electron chi connectivity index (χ4n) is 3.43. The molecule has 0 saturated carbocycles. The molecule has 0 spiro atoms. The Morgan fingerprint density at radius 2 is 2.17 bits per heavy atom. The van der Waals surface area contributed by atoms with Crippen LogP contribution >= 0.6 is 22.7 Å². The molecule has 122 valence electrons. The SMILES string of the molecule is Cc1nc2sc([C@H](c3cccs3)[NH+]3CCC(C)CC3)c(O)n2n1. The van der Waals surface area contributed by atoms with Crippen LogP contribution in [0.5, 0.6) is 5.88 Å². The average molecular weight is 350 g/mol. The Labute approximate surface area is 143 Å². The number of rotatable bonds is 3. The Kier molecular flexibility index (Phi) is 3.87. The molecule has 0 amide bonds. The molecule has 0 radical (unpaired) electrons. The maximum Gasteiger partial charge on any atom is 0.235 e. The van der Waals surface area contributed by atoms with Gasteiger partial charge in [-0.05, 0) is 37.1 Å². The van der Waals surface area contributed by atoms with Crippen LogP contribution < -0.4 is 4.90 Å². The molecule has 1 aliphatic heterocycles. The zero-order valence-corrected chi connectivity index (χ0v) is 15.0. The summed E-state index contributed by atoms with van der Waals surface area (Å²) in [6.45, 7) is 6.48. The van der Waals surface area contributed by atoms with E-state index in [0.717, 1.165) is 28.8 Å². The van der Waals surface area contributed by atoms with Crippen molar-refractivity contribution in [2.45, 2.75) is 32.7 Å². The van der Waals surface area contributed by atoms with Gasteiger partial charge in [-0.15, -0.1) is 16.4 Å². The normalized spacial score (nSPS) is 23.4. The van der Waals surface area contributed by atoms with Gasteiger partial charge in [0.15, 0.2) is 6.04 Å². The van der Waals surface area contributed by atoms with Crippen molar-refractivity contribution in [1.29, 1.82) is 0 Å². The number of quaternary nitrogens is 1. The first-order chi connectivity index (χ1) is 11.1. The zero-order valence-electron chi connectivity index (χ0n) is 13.3. The van der Waals surface area contributed by atoms with E-state index in [9.17, 15) is 5.11 Å². The van der Waals surface area contributed by atoms with Crippen molar-refractivity contribution in [2.75, 3.05) is 13.1 Å². The summed E-state index contributed by atoms with van der Waals surface area (Å²) >= 11 is 3.34. The molecule has 0 aromatic carbocycles. The predicted molar refractivity (Wildman–Crippen MR) is 92.5 cm³/mol. The third-order valence-electron chi connectivity index (χ3n) is 4.72. The Hall–Kier alpha value is -1.44. The van der Waals surface area contributed by atoms with Crippen LogP contribution in [-0.4, -0.2) is 32.8 Å². The van der Waals surface area contributed by atoms with Crippen molar-refractivity contribution in [2.24, 2.45) is 5.92 Å². The monoisotopic (exact) mass is 349 g/mol. The van der Waals surface area contributed by atoms with Gasteiger partial charge in [-0.1, -0.05) is 24.3 Å². The maximum atomic E-state index is 10.7. The first-order valence-electron chi connectivity index (χ1n) is 8.06. The van der Waals surface area contributed by atoms with Gasteiger partial charge in [0, 0.05) is 0 Å². The summed E-state index contributed by atoms with van der Waals surface area (Å²) in [6.07, 6.45) is 2.50. The van der Waals surface area contributed by atoms with E-state index in [1.807, 2.05) is 6.92 Å². The molecule has 0 bridgehead atoms. The number of aromatic nitrogens is 3. The summed E-state index contributed by atoms with van der Waals surface area (Å²) in [7, 11) is 0. The Balaban J connectivity index is 1.77. The molecule has 4 heterocycles. The van der Waals surface area contributed by atoms with Crippen LogP contribution in [0.1, 0.15) is 41.4 Å². The number of thiophene rings is 1. The van der Waals surface area contributed by atoms with Crippen molar-refractivity contribution in [3.05, 3.63) is 33.1 Å². The molecule has 1 fully saturated rings. The van der Waals surface area contributed by atoms with Gasteiger partial charge in [0.25, 0.3) is 0 Å². The van der Waals surface area contributed by atoms with E-state index in [2.05, 4.69) is 34.5 Å². The van der Waals surface area contributed by atoms with Crippen LogP contribution in [0.2, 0.25) is 0 Å². The van der Waals surface area contributed by atoms with Crippen LogP contribution in [0.25, 0.3) is 4.96 Å². The zero-order chi connectivity index (χ0) is 16.0. The quantitative estimate of drug-likeness (QED) is 0.763. The number of nitrogens with one attached hydrogen (secondary N) is 1. The summed E-state index contributed by atoms with van der Waals surface area (Å²) in [6, 6.07) is 4.47. The van der Waals surface area contributed by atoms with Crippen LogP contribution in [0.4, 0.5) is 0 Å². The van der Waals surface area contributed by atoms with Gasteiger partial charge < -0.3 is 10.0 Å². The van der Waals surface area contributed by atoms with Gasteiger partial charge in [-0.2, -0.15) is 4.52 Å². The number of aryl methyl sites for hydroxylation is 1. The minimum absolute atomic E-state index is 0.191. The van der Waals surface area contributed by atoms with E-state index < -0.39 is 0 Å². The highest BCUT2D eigenvalue weighted by Gasteiger charge is 2.35. The number of hydrogen-bond acceptors (Lipinski definition) is 5. The fraction of sp³-hybridized carbons (Fsp3) is 0.500. The van der Waals surface area contributed by atoms with Crippen LogP contribution in [0, 0.1) is 12.8 Å². The highest BCUT2D eigenvalue weighted by atomic mass is 32.1. The number of hydrogen-bond donors (Lipinski definition) is 2. The smallest absolute Gasteiger partial charge is 0.235 e. The van der Waals surface area contributed by atoms with Crippen molar-refractivity contribution in [1.82, 2.24) is 14.6 Å². The summed E-state index contributed by atoms with van der Waals surface area (Å²) in [5.41, 5.74) is 0. The second-order valence-electron chi connectivity index (χ2n) is 6.43. The largest absolute Gasteiger partial charge is 0.492 e. The Morgan fingerprint density at radius 1 is 1.39 bits per heavy atom. The molecule has 3 aromatic rings. The molecule has 5 nitrogen and oxygen atoms in total. The lowest BCUT2D eigenvalue weighted by Gasteiger charge is -2.32. The van der Waals surface area contributed by atoms with Crippen molar-refractivity contribution in [3.8, 4) is 5.88 Å². The molecule has 7 heteroatoms. The molecular formula is C16H21N4OS2+. The standard InChI is InChI=1S/C16H20N4OS2/c1-10-5-7-19(8-6-10)13(12-4-3-9-22-12)14-15(21)20-16(23-14)17-11(2)18-20/h3-4,9-10,13,21H,5-8H2,1-2H3/p+1/t13-/m0/s1. The number of thiazole rings is 1. The van der Waals surface area contributed by atoms with Crippen LogP contribution in [0.15, 0.2) is 17.5 Å². The topological polar surface area (TPSA) is 54.9 Å². The lowest BCUT2D eigenvalue weighted by molar-refractivity contribution is -0.930. The number of piperidine rings is 1. The van der Waals surface area contributed by atoms with Gasteiger partial charge in [0.05, 0.1) is 18.0 Å². The third-order valence-corrected chi connectivity index (χ3v) is 6.74. The number of nitrogens with zero attached hydrogens (tertiary/aromatic N) is 3. The number of aromatic hydroxyl groups is 1. The third kappa shape index (κ3) is 2.66. The van der Waals surface area contributed by atoms with E-state index in [1.54, 1.807) is 32.1 Å². The molecule has 4 rings (SSSR count). The lowest BCUT2D eigenvalue weighted by Crippen LogP contribution is -3.13. The van der Waals surface area contributed by atoms with Gasteiger partial charge in [-0.3, -0.25) is 0 Å². The van der Waals surface area contributed by atoms with Gasteiger partial charge in [0.1, 0.15) is 10.7 Å². The number of likely N-dealkylation sites (tertiary alicyclic amines) is 1. The Morgan fingerprint density at radius 3 is 2.83 bits per heavy atom. The van der Waals surface area contributed by atoms with Gasteiger partial charge in [0.2, 0.25) is 10.8 Å². The van der Waals surface area contributed by atoms with Crippen molar-refractivity contribution < 1.29 is 10.0 Å². The van der Waals surface area contributed by atoms with Crippen molar-refractivity contribution in [3.63, 3.8) is 0 Å². The summed E-state index contributed by atoms with van der Waals surface area (Å²) in [5, 5.41) is 17.1. The molecule has 2 N–H and O–H groups in total. The van der Waals surface area contributed by atoms with E-state index >= 15 is 0 Å². The predicted octanol–water partition coefficient (Wildman–Crippen LogP) is 2.27. The summed E-state index contributed by atoms with van der Waals surface area (Å²) < 4.78 is 1.59. The molecular weight excluding hydrogens is 328 g/mol. The van der Waals surface area contributed by atoms with Crippen LogP contribution in [0.3, 0.4) is 0 Å². The Bertz CT molecular complexity index is 800. The highest BCUT2D eigenvalue weighted by molar-refractivity contribution is 7.17. The molecule has 23 heavy (non-hydrogen) atoms. The minimum Gasteiger partial charge on any atom is -0.492 e. The van der Waals surface area contributed by atoms with Crippen LogP contribution in [-0.2, 0) is 0 Å². The first-order valence-corrected chi connectivity index (χ1v) is 9.76. The number of fused-ring (bicyclic) bond motifs is 1. The van der Waals surface area contributed by atoms with E-state index in [0.29, 0.717) is 5.82 Å². The van der Waals surface area contributed by atoms with Crippen molar-refractivity contribution >= 4 is 27.6 Å². The van der Waals surface area contributed by atoms with Gasteiger partial charge >= 0.3 is 0 Å². The fourth-order valence-corrected chi connectivity index (χ4v) is 5.57. The summed E-state index contributed by atoms with van der Waals surface area (Å²) in [5.74, 6) is 1.77. The molecule has 1 aliphatic rings. The average Bonchev–Trinajstić information content (AvgIpc) is 3.22.